The third-order valence-electron chi connectivity index (χ3n) is 6.80. The molecular weight excluding hydrogens is 514 g/mol. The standard InChI is InChI=1S/C31H26BrNO3/c1-20(21-16-18-26(32)19-17-21)33-36-31(35)25-14-12-24(13-15-25)30(34)29-27(22-8-4-2-5-9-22)28(29)23-10-6-3-7-11-23/h2-20,27-29,33H,1H3/q+1/t20-,27-,28-/m0/s1. The number of hydrogen-bond donors (Lipinski definition) is 1. The van der Waals surface area contributed by atoms with Gasteiger partial charge < -0.3 is 0 Å². The molecule has 0 unspecified atom stereocenters. The summed E-state index contributed by atoms with van der Waals surface area (Å²) in [6.45, 7) is 1.92. The molecule has 1 aliphatic rings. The smallest absolute Gasteiger partial charge is 0.294 e. The van der Waals surface area contributed by atoms with Crippen LogP contribution in [0.2, 0.25) is 0 Å². The first kappa shape index (κ1) is 24.2. The van der Waals surface area contributed by atoms with Gasteiger partial charge in [-0.1, -0.05) is 101 Å². The maximum atomic E-state index is 13.5. The molecule has 0 bridgehead atoms. The van der Waals surface area contributed by atoms with Crippen molar-refractivity contribution in [3.05, 3.63) is 141 Å². The summed E-state index contributed by atoms with van der Waals surface area (Å²) in [5, 5.41) is 0. The van der Waals surface area contributed by atoms with E-state index in [1.807, 2.05) is 67.6 Å². The average Bonchev–Trinajstić information content (AvgIpc) is 3.68. The van der Waals surface area contributed by atoms with Crippen LogP contribution >= 0.6 is 15.9 Å². The van der Waals surface area contributed by atoms with E-state index < -0.39 is 5.97 Å². The zero-order valence-electron chi connectivity index (χ0n) is 19.8. The molecule has 4 aromatic rings. The van der Waals surface area contributed by atoms with E-state index in [-0.39, 0.29) is 29.6 Å². The fourth-order valence-corrected chi connectivity index (χ4v) is 5.06. The van der Waals surface area contributed by atoms with E-state index >= 15 is 0 Å². The highest BCUT2D eigenvalue weighted by molar-refractivity contribution is 9.10. The lowest BCUT2D eigenvalue weighted by atomic mass is 10.0. The lowest BCUT2D eigenvalue weighted by molar-refractivity contribution is 0.0169. The maximum absolute atomic E-state index is 13.5. The molecule has 5 rings (SSSR count). The van der Waals surface area contributed by atoms with Crippen molar-refractivity contribution >= 4 is 27.7 Å². The van der Waals surface area contributed by atoms with Crippen LogP contribution in [0.4, 0.5) is 0 Å². The van der Waals surface area contributed by atoms with Gasteiger partial charge in [0.15, 0.2) is 5.78 Å². The zero-order valence-corrected chi connectivity index (χ0v) is 21.4. The molecule has 1 fully saturated rings. The zero-order chi connectivity index (χ0) is 25.1. The predicted octanol–water partition coefficient (Wildman–Crippen LogP) is 7.25. The Labute approximate surface area is 219 Å². The van der Waals surface area contributed by atoms with Gasteiger partial charge >= 0.3 is 5.97 Å². The number of rotatable bonds is 8. The van der Waals surface area contributed by atoms with Gasteiger partial charge in [-0.15, -0.1) is 0 Å². The Kier molecular flexibility index (Phi) is 7.12. The van der Waals surface area contributed by atoms with Crippen LogP contribution < -0.4 is 5.48 Å². The third kappa shape index (κ3) is 5.18. The fraction of sp³-hybridized carbons (Fsp3) is 0.161. The molecular formula is C31H26BrNO3+. The van der Waals surface area contributed by atoms with E-state index in [4.69, 9.17) is 4.84 Å². The Hall–Kier alpha value is -3.54. The van der Waals surface area contributed by atoms with Gasteiger partial charge in [-0.05, 0) is 53.4 Å². The van der Waals surface area contributed by atoms with E-state index in [0.717, 1.165) is 10.0 Å². The van der Waals surface area contributed by atoms with Gasteiger partial charge in [0, 0.05) is 27.8 Å². The van der Waals surface area contributed by atoms with Crippen molar-refractivity contribution < 1.29 is 14.4 Å². The summed E-state index contributed by atoms with van der Waals surface area (Å²) < 4.78 is 0.987. The molecule has 1 radical (unpaired) electrons. The second-order valence-electron chi connectivity index (χ2n) is 9.12. The molecule has 5 heteroatoms. The Bertz CT molecular complexity index is 1290. The van der Waals surface area contributed by atoms with Crippen LogP contribution in [0.1, 0.15) is 62.2 Å². The number of ketones is 1. The van der Waals surface area contributed by atoms with Gasteiger partial charge in [-0.25, -0.2) is 0 Å². The van der Waals surface area contributed by atoms with E-state index in [1.54, 1.807) is 24.3 Å². The molecule has 36 heavy (non-hydrogen) atoms. The van der Waals surface area contributed by atoms with Crippen molar-refractivity contribution in [3.8, 4) is 0 Å². The summed E-state index contributed by atoms with van der Waals surface area (Å²) in [7, 11) is 0. The summed E-state index contributed by atoms with van der Waals surface area (Å²) in [5.74, 6) is -0.223. The first-order valence-corrected chi connectivity index (χ1v) is 12.8. The minimum atomic E-state index is -0.492. The number of hydroxylamine groups is 1. The van der Waals surface area contributed by atoms with Gasteiger partial charge in [0.1, 0.15) is 5.56 Å². The molecule has 0 amide bonds. The second-order valence-corrected chi connectivity index (χ2v) is 10.0. The van der Waals surface area contributed by atoms with Crippen LogP contribution in [0.5, 0.6) is 0 Å². The first-order chi connectivity index (χ1) is 17.5. The highest BCUT2D eigenvalue weighted by Gasteiger charge is 2.55. The molecule has 3 atom stereocenters. The number of carbonyl (C=O) groups excluding carboxylic acids is 2. The summed E-state index contributed by atoms with van der Waals surface area (Å²) in [6.07, 6.45) is 0. The van der Waals surface area contributed by atoms with Gasteiger partial charge in [-0.3, -0.25) is 4.79 Å². The molecule has 0 saturated heterocycles. The third-order valence-corrected chi connectivity index (χ3v) is 7.32. The molecule has 179 valence electrons. The van der Waals surface area contributed by atoms with Crippen LogP contribution in [-0.4, -0.2) is 11.8 Å². The Morgan fingerprint density at radius 1 is 0.778 bits per heavy atom. The van der Waals surface area contributed by atoms with E-state index in [0.29, 0.717) is 11.1 Å². The van der Waals surface area contributed by atoms with Crippen LogP contribution in [0.25, 0.3) is 0 Å². The number of halogens is 1. The molecule has 1 aliphatic carbocycles. The minimum absolute atomic E-state index is 0.0969. The summed E-state index contributed by atoms with van der Waals surface area (Å²) in [5.41, 5.74) is 7.14. The molecule has 1 saturated carbocycles. The van der Waals surface area contributed by atoms with Gasteiger partial charge in [0.25, 0.3) is 0 Å². The number of hydrogen-bond acceptors (Lipinski definition) is 4. The van der Waals surface area contributed by atoms with E-state index in [9.17, 15) is 9.59 Å². The SMILES string of the molecule is C[C@H](NOC(=[O+])c1ccc(C(=O)C2[C@@H](c3ccccc3)[C@@H]2c2ccccc2)cc1)c1ccc(Br)cc1. The molecule has 0 spiro atoms. The number of Topliss-reactive ketones (excluding diaryl/α,β-unsaturated/α-hetero) is 1. The minimum Gasteiger partial charge on any atom is -0.294 e. The first-order valence-electron chi connectivity index (χ1n) is 12.0. The normalized spacial score (nSPS) is 19.3. The molecule has 4 aromatic carbocycles. The largest absolute Gasteiger partial charge is 0.630 e. The fourth-order valence-electron chi connectivity index (χ4n) is 4.80. The topological polar surface area (TPSA) is 58.2 Å². The molecule has 1 N–H and O–H groups in total. The van der Waals surface area contributed by atoms with Crippen molar-refractivity contribution in [1.29, 1.82) is 0 Å². The lowest BCUT2D eigenvalue weighted by Gasteiger charge is -2.08. The average molecular weight is 540 g/mol. The summed E-state index contributed by atoms with van der Waals surface area (Å²) in [4.78, 5) is 31.4. The van der Waals surface area contributed by atoms with Crippen molar-refractivity contribution in [1.82, 2.24) is 5.48 Å². The van der Waals surface area contributed by atoms with Crippen molar-refractivity contribution in [3.63, 3.8) is 0 Å². The number of carbonyl (C=O) groups is 2. The van der Waals surface area contributed by atoms with Crippen LogP contribution in [0.15, 0.2) is 114 Å². The van der Waals surface area contributed by atoms with Crippen molar-refractivity contribution in [2.45, 2.75) is 24.8 Å². The summed E-state index contributed by atoms with van der Waals surface area (Å²) >= 11 is 3.42. The Morgan fingerprint density at radius 3 is 1.81 bits per heavy atom. The molecule has 4 nitrogen and oxygen atoms in total. The highest BCUT2D eigenvalue weighted by atomic mass is 79.9. The number of benzene rings is 4. The highest BCUT2D eigenvalue weighted by Crippen LogP contribution is 2.61. The Balaban J connectivity index is 1.26. The number of nitrogens with one attached hydrogen (secondary N) is 1. The summed E-state index contributed by atoms with van der Waals surface area (Å²) in [6, 6.07) is 34.8. The van der Waals surface area contributed by atoms with Crippen LogP contribution in [0, 0.1) is 5.92 Å². The molecule has 0 aromatic heterocycles. The Morgan fingerprint density at radius 2 is 1.28 bits per heavy atom. The predicted molar refractivity (Wildman–Crippen MR) is 144 cm³/mol. The maximum Gasteiger partial charge on any atom is 0.630 e. The second kappa shape index (κ2) is 10.6. The van der Waals surface area contributed by atoms with Crippen molar-refractivity contribution in [2.75, 3.05) is 0 Å². The van der Waals surface area contributed by atoms with Gasteiger partial charge in [-0.2, -0.15) is 4.84 Å². The molecule has 0 aliphatic heterocycles. The van der Waals surface area contributed by atoms with Gasteiger partial charge in [0.2, 0.25) is 0 Å². The monoisotopic (exact) mass is 539 g/mol. The molecule has 0 heterocycles. The van der Waals surface area contributed by atoms with Crippen LogP contribution in [0.3, 0.4) is 0 Å². The quantitative estimate of drug-likeness (QED) is 0.145. The van der Waals surface area contributed by atoms with Gasteiger partial charge in [0.05, 0.1) is 10.8 Å². The van der Waals surface area contributed by atoms with E-state index in [2.05, 4.69) is 45.7 Å². The lowest BCUT2D eigenvalue weighted by Crippen LogP contribution is -2.23. The van der Waals surface area contributed by atoms with Crippen molar-refractivity contribution in [2.24, 2.45) is 5.92 Å². The van der Waals surface area contributed by atoms with E-state index in [1.165, 1.54) is 11.1 Å². The van der Waals surface area contributed by atoms with Crippen LogP contribution in [-0.2, 0) is 4.84 Å².